The lowest BCUT2D eigenvalue weighted by molar-refractivity contribution is 0.879. The van der Waals surface area contributed by atoms with E-state index in [0.717, 1.165) is 28.9 Å². The first-order valence-corrected chi connectivity index (χ1v) is 7.05. The van der Waals surface area contributed by atoms with E-state index in [-0.39, 0.29) is 0 Å². The van der Waals surface area contributed by atoms with Gasteiger partial charge in [-0.3, -0.25) is 4.98 Å². The smallest absolute Gasteiger partial charge is 0.127 e. The molecule has 0 aliphatic rings. The van der Waals surface area contributed by atoms with Crippen LogP contribution in [0.2, 0.25) is 0 Å². The van der Waals surface area contributed by atoms with E-state index in [1.54, 1.807) is 17.1 Å². The summed E-state index contributed by atoms with van der Waals surface area (Å²) >= 11 is 0. The maximum absolute atomic E-state index is 6.12. The first-order chi connectivity index (χ1) is 10.2. The number of nitrogens with zero attached hydrogens (tertiary/aromatic N) is 3. The fraction of sp³-hybridized carbons (Fsp3) is 0.176. The average molecular weight is 278 g/mol. The van der Waals surface area contributed by atoms with Crippen molar-refractivity contribution in [3.05, 3.63) is 59.9 Å². The number of rotatable bonds is 3. The molecule has 21 heavy (non-hydrogen) atoms. The van der Waals surface area contributed by atoms with Crippen LogP contribution in [0.3, 0.4) is 0 Å². The molecule has 3 rings (SSSR count). The van der Waals surface area contributed by atoms with Crippen molar-refractivity contribution in [2.45, 2.75) is 20.3 Å². The number of anilines is 1. The molecule has 4 nitrogen and oxygen atoms in total. The number of hydrogen-bond donors (Lipinski definition) is 1. The van der Waals surface area contributed by atoms with Gasteiger partial charge < -0.3 is 5.73 Å². The van der Waals surface area contributed by atoms with Gasteiger partial charge in [0.15, 0.2) is 0 Å². The van der Waals surface area contributed by atoms with Crippen LogP contribution in [-0.4, -0.2) is 14.8 Å². The van der Waals surface area contributed by atoms with Crippen LogP contribution in [0.5, 0.6) is 0 Å². The number of benzene rings is 1. The second kappa shape index (κ2) is 5.40. The van der Waals surface area contributed by atoms with Crippen molar-refractivity contribution in [3.63, 3.8) is 0 Å². The number of aromatic nitrogens is 3. The summed E-state index contributed by atoms with van der Waals surface area (Å²) in [6.07, 6.45) is 4.56. The average Bonchev–Trinajstić information content (AvgIpc) is 2.90. The molecule has 2 heterocycles. The quantitative estimate of drug-likeness (QED) is 0.799. The molecule has 0 amide bonds. The van der Waals surface area contributed by atoms with Gasteiger partial charge in [-0.2, -0.15) is 5.10 Å². The number of nitrogens with two attached hydrogens (primary N) is 1. The van der Waals surface area contributed by atoms with Gasteiger partial charge in [0.1, 0.15) is 5.82 Å². The van der Waals surface area contributed by atoms with Crippen LogP contribution in [0.4, 0.5) is 5.82 Å². The fourth-order valence-corrected chi connectivity index (χ4v) is 2.36. The molecule has 4 heteroatoms. The zero-order valence-electron chi connectivity index (χ0n) is 12.2. The summed E-state index contributed by atoms with van der Waals surface area (Å²) in [6.45, 7) is 4.17. The highest BCUT2D eigenvalue weighted by Crippen LogP contribution is 2.24. The van der Waals surface area contributed by atoms with Gasteiger partial charge in [-0.1, -0.05) is 25.1 Å². The molecule has 2 N–H and O–H groups in total. The molecule has 2 aromatic heterocycles. The number of nitrogen functional groups attached to an aromatic ring is 1. The zero-order valence-corrected chi connectivity index (χ0v) is 12.2. The SMILES string of the molecule is CCc1cccc(-c2cc(N)n(-c3cnccc3C)n2)c1. The molecule has 0 atom stereocenters. The second-order valence-corrected chi connectivity index (χ2v) is 5.08. The normalized spacial score (nSPS) is 10.8. The standard InChI is InChI=1S/C17H18N4/c1-3-13-5-4-6-14(9-13)15-10-17(18)21(20-15)16-11-19-8-7-12(16)2/h4-11H,3,18H2,1-2H3. The van der Waals surface area contributed by atoms with E-state index < -0.39 is 0 Å². The van der Waals surface area contributed by atoms with Crippen LogP contribution in [0.1, 0.15) is 18.1 Å². The van der Waals surface area contributed by atoms with E-state index in [4.69, 9.17) is 5.73 Å². The molecule has 0 bridgehead atoms. The summed E-state index contributed by atoms with van der Waals surface area (Å²) in [5.41, 5.74) is 11.4. The summed E-state index contributed by atoms with van der Waals surface area (Å²) in [6, 6.07) is 12.2. The molecular weight excluding hydrogens is 260 g/mol. The van der Waals surface area contributed by atoms with Gasteiger partial charge in [0, 0.05) is 17.8 Å². The molecule has 0 spiro atoms. The number of pyridine rings is 1. The first kappa shape index (κ1) is 13.4. The lowest BCUT2D eigenvalue weighted by Crippen LogP contribution is -2.04. The van der Waals surface area contributed by atoms with Crippen molar-refractivity contribution >= 4 is 5.82 Å². The topological polar surface area (TPSA) is 56.7 Å². The Labute approximate surface area is 124 Å². The summed E-state index contributed by atoms with van der Waals surface area (Å²) in [5.74, 6) is 0.614. The van der Waals surface area contributed by atoms with Crippen LogP contribution >= 0.6 is 0 Å². The highest BCUT2D eigenvalue weighted by molar-refractivity contribution is 5.64. The van der Waals surface area contributed by atoms with E-state index in [2.05, 4.69) is 41.3 Å². The van der Waals surface area contributed by atoms with Crippen molar-refractivity contribution in [2.75, 3.05) is 5.73 Å². The van der Waals surface area contributed by atoms with Crippen LogP contribution in [0.15, 0.2) is 48.8 Å². The Hall–Kier alpha value is -2.62. The van der Waals surface area contributed by atoms with Crippen molar-refractivity contribution in [2.24, 2.45) is 0 Å². The molecule has 1 aromatic carbocycles. The van der Waals surface area contributed by atoms with E-state index in [1.807, 2.05) is 19.1 Å². The fourth-order valence-electron chi connectivity index (χ4n) is 2.36. The number of aryl methyl sites for hydroxylation is 2. The predicted octanol–water partition coefficient (Wildman–Crippen LogP) is 3.39. The molecule has 106 valence electrons. The highest BCUT2D eigenvalue weighted by Gasteiger charge is 2.10. The molecule has 0 saturated carbocycles. The van der Waals surface area contributed by atoms with Crippen molar-refractivity contribution in [3.8, 4) is 16.9 Å². The summed E-state index contributed by atoms with van der Waals surface area (Å²) in [7, 11) is 0. The van der Waals surface area contributed by atoms with Crippen LogP contribution in [0.25, 0.3) is 16.9 Å². The van der Waals surface area contributed by atoms with Crippen molar-refractivity contribution in [1.82, 2.24) is 14.8 Å². The van der Waals surface area contributed by atoms with Gasteiger partial charge in [0.2, 0.25) is 0 Å². The Kier molecular flexibility index (Phi) is 3.44. The Bertz CT molecular complexity index is 774. The molecule has 0 aliphatic heterocycles. The minimum atomic E-state index is 0.614. The van der Waals surface area contributed by atoms with Crippen molar-refractivity contribution in [1.29, 1.82) is 0 Å². The largest absolute Gasteiger partial charge is 0.384 e. The second-order valence-electron chi connectivity index (χ2n) is 5.08. The third-order valence-electron chi connectivity index (χ3n) is 3.61. The third-order valence-corrected chi connectivity index (χ3v) is 3.61. The first-order valence-electron chi connectivity index (χ1n) is 7.05. The Morgan fingerprint density at radius 2 is 2.05 bits per heavy atom. The maximum atomic E-state index is 6.12. The predicted molar refractivity (Wildman–Crippen MR) is 85.3 cm³/mol. The van der Waals surface area contributed by atoms with Gasteiger partial charge in [-0.05, 0) is 36.6 Å². The third kappa shape index (κ3) is 2.52. The Balaban J connectivity index is 2.07. The van der Waals surface area contributed by atoms with Crippen LogP contribution in [0, 0.1) is 6.92 Å². The minimum Gasteiger partial charge on any atom is -0.384 e. The molecule has 0 radical (unpaired) electrons. The summed E-state index contributed by atoms with van der Waals surface area (Å²) in [4.78, 5) is 4.16. The van der Waals surface area contributed by atoms with Crippen LogP contribution in [-0.2, 0) is 6.42 Å². The zero-order chi connectivity index (χ0) is 14.8. The molecule has 0 aliphatic carbocycles. The number of hydrogen-bond acceptors (Lipinski definition) is 3. The summed E-state index contributed by atoms with van der Waals surface area (Å²) < 4.78 is 1.75. The van der Waals surface area contributed by atoms with E-state index in [9.17, 15) is 0 Å². The maximum Gasteiger partial charge on any atom is 0.127 e. The Morgan fingerprint density at radius 1 is 1.19 bits per heavy atom. The van der Waals surface area contributed by atoms with Gasteiger partial charge in [0.25, 0.3) is 0 Å². The van der Waals surface area contributed by atoms with Crippen LogP contribution < -0.4 is 5.73 Å². The monoisotopic (exact) mass is 278 g/mol. The van der Waals surface area contributed by atoms with Gasteiger partial charge >= 0.3 is 0 Å². The molecule has 0 unspecified atom stereocenters. The molecule has 3 aromatic rings. The van der Waals surface area contributed by atoms with Gasteiger partial charge in [-0.15, -0.1) is 0 Å². The molecular formula is C17H18N4. The molecule has 0 saturated heterocycles. The lowest BCUT2D eigenvalue weighted by atomic mass is 10.1. The Morgan fingerprint density at radius 3 is 2.81 bits per heavy atom. The van der Waals surface area contributed by atoms with Crippen molar-refractivity contribution < 1.29 is 0 Å². The van der Waals surface area contributed by atoms with Gasteiger partial charge in [-0.25, -0.2) is 4.68 Å². The minimum absolute atomic E-state index is 0.614. The van der Waals surface area contributed by atoms with E-state index >= 15 is 0 Å². The lowest BCUT2D eigenvalue weighted by Gasteiger charge is -2.06. The van der Waals surface area contributed by atoms with Gasteiger partial charge in [0.05, 0.1) is 17.6 Å². The molecule has 0 fully saturated rings. The van der Waals surface area contributed by atoms with E-state index in [0.29, 0.717) is 5.82 Å². The summed E-state index contributed by atoms with van der Waals surface area (Å²) in [5, 5.41) is 4.64. The highest BCUT2D eigenvalue weighted by atomic mass is 15.3. The van der Waals surface area contributed by atoms with E-state index in [1.165, 1.54) is 5.56 Å².